The van der Waals surface area contributed by atoms with Gasteiger partial charge in [-0.2, -0.15) is 0 Å². The molecule has 3 aromatic carbocycles. The molecule has 1 atom stereocenters. The number of hydrogen-bond acceptors (Lipinski definition) is 3. The molecule has 5 rings (SSSR count). The van der Waals surface area contributed by atoms with Crippen LogP contribution >= 0.6 is 11.6 Å². The second-order valence-electron chi connectivity index (χ2n) is 7.18. The highest BCUT2D eigenvalue weighted by molar-refractivity contribution is 6.31. The molecule has 29 heavy (non-hydrogen) atoms. The van der Waals surface area contributed by atoms with Gasteiger partial charge < -0.3 is 14.6 Å². The zero-order chi connectivity index (χ0) is 20.0. The quantitative estimate of drug-likeness (QED) is 0.508. The molecule has 0 aliphatic carbocycles. The molecular weight excluding hydrogens is 388 g/mol. The predicted octanol–water partition coefficient (Wildman–Crippen LogP) is 5.23. The summed E-state index contributed by atoms with van der Waals surface area (Å²) in [6.45, 7) is 0.331. The van der Waals surface area contributed by atoms with Crippen molar-refractivity contribution in [1.82, 2.24) is 0 Å². The number of fused-ring (bicyclic) bond motifs is 3. The van der Waals surface area contributed by atoms with Gasteiger partial charge >= 0.3 is 0 Å². The van der Waals surface area contributed by atoms with Gasteiger partial charge in [0.25, 0.3) is 0 Å². The average Bonchev–Trinajstić information content (AvgIpc) is 3.28. The number of para-hydroxylation sites is 1. The van der Waals surface area contributed by atoms with Gasteiger partial charge in [0, 0.05) is 46.2 Å². The Morgan fingerprint density at radius 1 is 1.00 bits per heavy atom. The van der Waals surface area contributed by atoms with Gasteiger partial charge in [-0.15, -0.1) is 0 Å². The van der Waals surface area contributed by atoms with E-state index in [1.807, 2.05) is 48.5 Å². The number of amides is 2. The van der Waals surface area contributed by atoms with Crippen molar-refractivity contribution in [2.24, 2.45) is 5.92 Å². The van der Waals surface area contributed by atoms with Gasteiger partial charge in [-0.3, -0.25) is 9.59 Å². The van der Waals surface area contributed by atoms with Crippen LogP contribution in [0.5, 0.6) is 0 Å². The van der Waals surface area contributed by atoms with E-state index >= 15 is 0 Å². The Labute approximate surface area is 171 Å². The van der Waals surface area contributed by atoms with Crippen LogP contribution in [0.25, 0.3) is 21.9 Å². The lowest BCUT2D eigenvalue weighted by Crippen LogP contribution is -2.28. The van der Waals surface area contributed by atoms with Crippen molar-refractivity contribution in [1.29, 1.82) is 0 Å². The summed E-state index contributed by atoms with van der Waals surface area (Å²) in [4.78, 5) is 26.8. The van der Waals surface area contributed by atoms with Crippen LogP contribution in [0.2, 0.25) is 5.02 Å². The maximum Gasteiger partial charge on any atom is 0.229 e. The van der Waals surface area contributed by atoms with E-state index in [1.54, 1.807) is 23.1 Å². The lowest BCUT2D eigenvalue weighted by molar-refractivity contribution is -0.122. The van der Waals surface area contributed by atoms with Crippen molar-refractivity contribution >= 4 is 56.7 Å². The number of anilines is 2. The van der Waals surface area contributed by atoms with E-state index in [9.17, 15) is 9.59 Å². The summed E-state index contributed by atoms with van der Waals surface area (Å²) in [5.74, 6) is -0.689. The fourth-order valence-corrected chi connectivity index (χ4v) is 4.01. The summed E-state index contributed by atoms with van der Waals surface area (Å²) in [6, 6.07) is 20.5. The summed E-state index contributed by atoms with van der Waals surface area (Å²) in [5, 5.41) is 5.52. The number of nitrogens with zero attached hydrogens (tertiary/aromatic N) is 1. The third kappa shape index (κ3) is 3.23. The molecule has 2 heterocycles. The Morgan fingerprint density at radius 3 is 2.69 bits per heavy atom. The van der Waals surface area contributed by atoms with E-state index in [2.05, 4.69) is 5.32 Å². The average molecular weight is 405 g/mol. The first kappa shape index (κ1) is 17.8. The Kier molecular flexibility index (Phi) is 4.25. The first-order valence-electron chi connectivity index (χ1n) is 9.36. The lowest BCUT2D eigenvalue weighted by Gasteiger charge is -2.17. The third-order valence-corrected chi connectivity index (χ3v) is 5.50. The highest BCUT2D eigenvalue weighted by Gasteiger charge is 2.35. The molecule has 1 N–H and O–H groups in total. The number of carbonyl (C=O) groups excluding carboxylic acids is 2. The fraction of sp³-hybridized carbons (Fsp3) is 0.130. The topological polar surface area (TPSA) is 62.6 Å². The van der Waals surface area contributed by atoms with Crippen LogP contribution < -0.4 is 10.2 Å². The summed E-state index contributed by atoms with van der Waals surface area (Å²) in [5.41, 5.74) is 2.88. The summed E-state index contributed by atoms with van der Waals surface area (Å²) >= 11 is 6.03. The molecule has 1 aromatic heterocycles. The third-order valence-electron chi connectivity index (χ3n) is 5.26. The van der Waals surface area contributed by atoms with Gasteiger partial charge in [-0.25, -0.2) is 0 Å². The fourth-order valence-electron chi connectivity index (χ4n) is 3.82. The number of furan rings is 1. The number of benzene rings is 3. The number of halogens is 1. The largest absolute Gasteiger partial charge is 0.456 e. The zero-order valence-electron chi connectivity index (χ0n) is 15.4. The second-order valence-corrected chi connectivity index (χ2v) is 7.62. The van der Waals surface area contributed by atoms with Crippen LogP contribution in [-0.2, 0) is 9.59 Å². The molecule has 5 nitrogen and oxygen atoms in total. The van der Waals surface area contributed by atoms with Gasteiger partial charge in [0.15, 0.2) is 0 Å². The molecule has 1 aliphatic heterocycles. The molecule has 1 aliphatic rings. The maximum absolute atomic E-state index is 12.8. The van der Waals surface area contributed by atoms with Gasteiger partial charge in [0.05, 0.1) is 5.92 Å². The number of hydrogen-bond donors (Lipinski definition) is 1. The van der Waals surface area contributed by atoms with Crippen molar-refractivity contribution in [3.63, 3.8) is 0 Å². The predicted molar refractivity (Wildman–Crippen MR) is 114 cm³/mol. The zero-order valence-corrected chi connectivity index (χ0v) is 16.1. The van der Waals surface area contributed by atoms with Crippen LogP contribution in [-0.4, -0.2) is 18.4 Å². The highest BCUT2D eigenvalue weighted by Crippen LogP contribution is 2.31. The Bertz CT molecular complexity index is 1260. The minimum atomic E-state index is -0.423. The Balaban J connectivity index is 1.35. The van der Waals surface area contributed by atoms with E-state index in [0.717, 1.165) is 16.4 Å². The van der Waals surface area contributed by atoms with E-state index < -0.39 is 5.92 Å². The minimum absolute atomic E-state index is 0.0832. The van der Waals surface area contributed by atoms with Crippen molar-refractivity contribution in [3.8, 4) is 0 Å². The van der Waals surface area contributed by atoms with Crippen molar-refractivity contribution < 1.29 is 14.0 Å². The first-order chi connectivity index (χ1) is 14.1. The summed E-state index contributed by atoms with van der Waals surface area (Å²) in [7, 11) is 0. The van der Waals surface area contributed by atoms with Crippen LogP contribution in [0.1, 0.15) is 6.42 Å². The molecule has 0 unspecified atom stereocenters. The summed E-state index contributed by atoms with van der Waals surface area (Å²) < 4.78 is 5.88. The molecule has 144 valence electrons. The Morgan fingerprint density at radius 2 is 1.83 bits per heavy atom. The molecule has 4 aromatic rings. The van der Waals surface area contributed by atoms with E-state index in [-0.39, 0.29) is 18.2 Å². The van der Waals surface area contributed by atoms with Crippen molar-refractivity contribution in [2.75, 3.05) is 16.8 Å². The number of nitrogens with one attached hydrogen (secondary N) is 1. The number of rotatable bonds is 3. The standard InChI is InChI=1S/C23H17ClN2O3/c24-15-4-3-5-17(11-15)26-13-14(10-22(26)27)23(28)25-16-8-9-19-18-6-1-2-7-20(18)29-21(19)12-16/h1-9,11-12,14H,10,13H2,(H,25,28)/t14-/m1/s1. The van der Waals surface area contributed by atoms with Crippen LogP contribution in [0, 0.1) is 5.92 Å². The van der Waals surface area contributed by atoms with Gasteiger partial charge in [-0.05, 0) is 36.4 Å². The second kappa shape index (κ2) is 6.94. The number of carbonyl (C=O) groups is 2. The van der Waals surface area contributed by atoms with Gasteiger partial charge in [-0.1, -0.05) is 35.9 Å². The summed E-state index contributed by atoms with van der Waals surface area (Å²) in [6.07, 6.45) is 0.172. The molecule has 0 radical (unpaired) electrons. The molecule has 0 bridgehead atoms. The maximum atomic E-state index is 12.8. The smallest absolute Gasteiger partial charge is 0.229 e. The lowest BCUT2D eigenvalue weighted by atomic mass is 10.1. The van der Waals surface area contributed by atoms with Gasteiger partial charge in [0.2, 0.25) is 11.8 Å². The van der Waals surface area contributed by atoms with Crippen molar-refractivity contribution in [2.45, 2.75) is 6.42 Å². The molecular formula is C23H17ClN2O3. The minimum Gasteiger partial charge on any atom is -0.456 e. The van der Waals surface area contributed by atoms with E-state index in [4.69, 9.17) is 16.0 Å². The SMILES string of the molecule is O=C(Nc1ccc2c(c1)oc1ccccc12)[C@@H]1CC(=O)N(c2cccc(Cl)c2)C1. The molecule has 0 spiro atoms. The van der Waals surface area contributed by atoms with Crippen molar-refractivity contribution in [3.05, 3.63) is 71.8 Å². The molecule has 1 saturated heterocycles. The van der Waals surface area contributed by atoms with Gasteiger partial charge in [0.1, 0.15) is 11.2 Å². The normalized spacial score (nSPS) is 16.7. The molecule has 2 amide bonds. The Hall–Kier alpha value is -3.31. The first-order valence-corrected chi connectivity index (χ1v) is 9.74. The van der Waals surface area contributed by atoms with Crippen LogP contribution in [0.4, 0.5) is 11.4 Å². The van der Waals surface area contributed by atoms with E-state index in [1.165, 1.54) is 0 Å². The molecule has 0 saturated carbocycles. The molecule has 6 heteroatoms. The van der Waals surface area contributed by atoms with E-state index in [0.29, 0.717) is 28.5 Å². The van der Waals surface area contributed by atoms with Crippen LogP contribution in [0.15, 0.2) is 71.1 Å². The van der Waals surface area contributed by atoms with Crippen LogP contribution in [0.3, 0.4) is 0 Å². The highest BCUT2D eigenvalue weighted by atomic mass is 35.5. The molecule has 1 fully saturated rings. The monoisotopic (exact) mass is 404 g/mol.